The van der Waals surface area contributed by atoms with Crippen molar-refractivity contribution in [1.29, 1.82) is 0 Å². The molecule has 2 aromatic carbocycles. The molecule has 0 bridgehead atoms. The van der Waals surface area contributed by atoms with Gasteiger partial charge >= 0.3 is 12.1 Å². The average molecular weight is 363 g/mol. The minimum absolute atomic E-state index is 0.0208. The van der Waals surface area contributed by atoms with Crippen molar-refractivity contribution < 1.29 is 22.9 Å². The number of amides is 1. The molecule has 1 aliphatic rings. The highest BCUT2D eigenvalue weighted by Crippen LogP contribution is 2.36. The monoisotopic (exact) mass is 363 g/mol. The van der Waals surface area contributed by atoms with E-state index in [2.05, 4.69) is 5.10 Å². The third-order valence-corrected chi connectivity index (χ3v) is 3.93. The highest BCUT2D eigenvalue weighted by molar-refractivity contribution is 6.03. The van der Waals surface area contributed by atoms with Gasteiger partial charge in [-0.2, -0.15) is 18.3 Å². The Morgan fingerprint density at radius 1 is 1.15 bits per heavy atom. The van der Waals surface area contributed by atoms with Crippen LogP contribution in [0.25, 0.3) is 0 Å². The first-order valence-electron chi connectivity index (χ1n) is 7.55. The van der Waals surface area contributed by atoms with E-state index in [4.69, 9.17) is 0 Å². The first-order chi connectivity index (χ1) is 12.3. The van der Waals surface area contributed by atoms with Gasteiger partial charge in [0.05, 0.1) is 16.7 Å². The van der Waals surface area contributed by atoms with Gasteiger partial charge in [-0.15, -0.1) is 0 Å². The Hall–Kier alpha value is -3.23. The summed E-state index contributed by atoms with van der Waals surface area (Å²) in [6.45, 7) is 0. The quantitative estimate of drug-likeness (QED) is 0.614. The molecule has 0 saturated carbocycles. The molecule has 0 aromatic heterocycles. The van der Waals surface area contributed by atoms with Gasteiger partial charge in [0.15, 0.2) is 0 Å². The van der Waals surface area contributed by atoms with E-state index in [1.165, 1.54) is 18.2 Å². The normalized spacial score (nSPS) is 17.1. The molecule has 0 saturated heterocycles. The van der Waals surface area contributed by atoms with Gasteiger partial charge in [0.1, 0.15) is 0 Å². The van der Waals surface area contributed by atoms with E-state index in [9.17, 15) is 28.1 Å². The largest absolute Gasteiger partial charge is 0.473 e. The van der Waals surface area contributed by atoms with E-state index in [1.807, 2.05) is 0 Å². The molecule has 1 heterocycles. The van der Waals surface area contributed by atoms with Crippen LogP contribution < -0.4 is 0 Å². The third kappa shape index (κ3) is 3.41. The van der Waals surface area contributed by atoms with Crippen LogP contribution in [0.1, 0.15) is 23.6 Å². The number of hydrogen-bond acceptors (Lipinski definition) is 4. The van der Waals surface area contributed by atoms with E-state index >= 15 is 0 Å². The zero-order chi connectivity index (χ0) is 18.9. The number of nitro groups is 1. The zero-order valence-corrected chi connectivity index (χ0v) is 13.2. The van der Waals surface area contributed by atoms with Crippen molar-refractivity contribution in [3.05, 3.63) is 75.8 Å². The Morgan fingerprint density at radius 3 is 2.46 bits per heavy atom. The van der Waals surface area contributed by atoms with Gasteiger partial charge < -0.3 is 0 Å². The van der Waals surface area contributed by atoms with E-state index < -0.39 is 23.0 Å². The maximum atomic E-state index is 13.0. The number of benzene rings is 2. The van der Waals surface area contributed by atoms with Crippen LogP contribution in [0.5, 0.6) is 0 Å². The molecule has 0 N–H and O–H groups in total. The summed E-state index contributed by atoms with van der Waals surface area (Å²) in [5, 5.41) is 15.2. The number of nitro benzene ring substituents is 1. The molecule has 1 aliphatic heterocycles. The average Bonchev–Trinajstić information content (AvgIpc) is 3.06. The SMILES string of the molecule is O=C(N1N=C(c2ccccc2)C[C@@H]1c1cccc([N+](=O)[O-])c1)C(F)(F)F. The standard InChI is InChI=1S/C17H12F3N3O3/c18-17(19,20)16(24)22-15(12-7-4-8-13(9-12)23(25)26)10-14(21-22)11-5-2-1-3-6-11/h1-9,15H,10H2/t15-/m1/s1. The van der Waals surface area contributed by atoms with Crippen LogP contribution in [0.3, 0.4) is 0 Å². The Morgan fingerprint density at radius 2 is 1.85 bits per heavy atom. The molecule has 0 spiro atoms. The molecule has 26 heavy (non-hydrogen) atoms. The molecule has 0 unspecified atom stereocenters. The van der Waals surface area contributed by atoms with Crippen molar-refractivity contribution in [3.63, 3.8) is 0 Å². The maximum Gasteiger partial charge on any atom is 0.473 e. The number of hydrazone groups is 1. The minimum atomic E-state index is -5.10. The van der Waals surface area contributed by atoms with E-state index in [0.29, 0.717) is 16.3 Å². The van der Waals surface area contributed by atoms with Gasteiger partial charge in [0.25, 0.3) is 5.69 Å². The lowest BCUT2D eigenvalue weighted by atomic mass is 9.98. The summed E-state index contributed by atoms with van der Waals surface area (Å²) >= 11 is 0. The molecular formula is C17H12F3N3O3. The van der Waals surface area contributed by atoms with E-state index in [0.717, 1.165) is 6.07 Å². The van der Waals surface area contributed by atoms with Gasteiger partial charge in [0.2, 0.25) is 0 Å². The van der Waals surface area contributed by atoms with E-state index in [-0.39, 0.29) is 17.7 Å². The van der Waals surface area contributed by atoms with Crippen LogP contribution in [0.4, 0.5) is 18.9 Å². The molecule has 3 rings (SSSR count). The van der Waals surface area contributed by atoms with Crippen LogP contribution in [-0.2, 0) is 4.79 Å². The lowest BCUT2D eigenvalue weighted by molar-refractivity contribution is -0.384. The molecule has 6 nitrogen and oxygen atoms in total. The number of nitrogens with zero attached hydrogens (tertiary/aromatic N) is 3. The second kappa shape index (κ2) is 6.58. The lowest BCUT2D eigenvalue weighted by Crippen LogP contribution is -2.38. The van der Waals surface area contributed by atoms with Gasteiger partial charge in [-0.25, -0.2) is 5.01 Å². The number of carbonyl (C=O) groups is 1. The molecule has 0 radical (unpaired) electrons. The topological polar surface area (TPSA) is 75.8 Å². The fourth-order valence-corrected chi connectivity index (χ4v) is 2.74. The Balaban J connectivity index is 2.02. The Labute approximate surface area is 145 Å². The smallest absolute Gasteiger partial charge is 0.262 e. The van der Waals surface area contributed by atoms with Crippen LogP contribution >= 0.6 is 0 Å². The van der Waals surface area contributed by atoms with Crippen LogP contribution in [0.2, 0.25) is 0 Å². The van der Waals surface area contributed by atoms with Crippen molar-refractivity contribution >= 4 is 17.3 Å². The number of halogens is 3. The van der Waals surface area contributed by atoms with Crippen molar-refractivity contribution in [2.45, 2.75) is 18.6 Å². The molecular weight excluding hydrogens is 351 g/mol. The molecule has 134 valence electrons. The fraction of sp³-hybridized carbons (Fsp3) is 0.176. The van der Waals surface area contributed by atoms with Crippen LogP contribution in [0, 0.1) is 10.1 Å². The van der Waals surface area contributed by atoms with Gasteiger partial charge in [0, 0.05) is 18.6 Å². The van der Waals surface area contributed by atoms with Gasteiger partial charge in [-0.05, 0) is 11.1 Å². The molecule has 1 atom stereocenters. The Kier molecular flexibility index (Phi) is 4.45. The summed E-state index contributed by atoms with van der Waals surface area (Å²) in [5.74, 6) is -2.11. The number of hydrogen-bond donors (Lipinski definition) is 0. The van der Waals surface area contributed by atoms with Crippen molar-refractivity contribution in [2.75, 3.05) is 0 Å². The third-order valence-electron chi connectivity index (χ3n) is 3.93. The van der Waals surface area contributed by atoms with Gasteiger partial charge in [-0.3, -0.25) is 14.9 Å². The maximum absolute atomic E-state index is 13.0. The second-order valence-corrected chi connectivity index (χ2v) is 5.63. The second-order valence-electron chi connectivity index (χ2n) is 5.63. The number of alkyl halides is 3. The lowest BCUT2D eigenvalue weighted by Gasteiger charge is -2.22. The summed E-state index contributed by atoms with van der Waals surface area (Å²) in [4.78, 5) is 22.1. The van der Waals surface area contributed by atoms with E-state index in [1.54, 1.807) is 30.3 Å². The van der Waals surface area contributed by atoms with Crippen molar-refractivity contribution in [3.8, 4) is 0 Å². The minimum Gasteiger partial charge on any atom is -0.262 e. The summed E-state index contributed by atoms with van der Waals surface area (Å²) in [7, 11) is 0. The van der Waals surface area contributed by atoms with Crippen molar-refractivity contribution in [2.24, 2.45) is 5.10 Å². The summed E-state index contributed by atoms with van der Waals surface area (Å²) in [6, 6.07) is 12.6. The number of carbonyl (C=O) groups excluding carboxylic acids is 1. The molecule has 0 fully saturated rings. The van der Waals surface area contributed by atoms with Crippen LogP contribution in [-0.4, -0.2) is 27.7 Å². The number of non-ortho nitro benzene ring substituents is 1. The molecule has 1 amide bonds. The fourth-order valence-electron chi connectivity index (χ4n) is 2.74. The summed E-state index contributed by atoms with van der Waals surface area (Å²) in [6.07, 6.45) is -5.08. The summed E-state index contributed by atoms with van der Waals surface area (Å²) in [5.41, 5.74) is 0.835. The highest BCUT2D eigenvalue weighted by Gasteiger charge is 2.47. The Bertz CT molecular complexity index is 882. The highest BCUT2D eigenvalue weighted by atomic mass is 19.4. The molecule has 9 heteroatoms. The van der Waals surface area contributed by atoms with Gasteiger partial charge in [-0.1, -0.05) is 42.5 Å². The predicted octanol–water partition coefficient (Wildman–Crippen LogP) is 3.83. The predicted molar refractivity (Wildman–Crippen MR) is 86.3 cm³/mol. The molecule has 0 aliphatic carbocycles. The van der Waals surface area contributed by atoms with Crippen molar-refractivity contribution in [1.82, 2.24) is 5.01 Å². The first kappa shape index (κ1) is 17.6. The number of rotatable bonds is 3. The molecule has 2 aromatic rings. The zero-order valence-electron chi connectivity index (χ0n) is 13.2. The van der Waals surface area contributed by atoms with Crippen LogP contribution in [0.15, 0.2) is 59.7 Å². The first-order valence-corrected chi connectivity index (χ1v) is 7.55. The summed E-state index contributed by atoms with van der Waals surface area (Å²) < 4.78 is 38.9.